The Balaban J connectivity index is 1.71. The number of rotatable bonds is 4. The predicted molar refractivity (Wildman–Crippen MR) is 85.1 cm³/mol. The Morgan fingerprint density at radius 1 is 1.14 bits per heavy atom. The molecule has 1 N–H and O–H groups in total. The molecule has 0 aliphatic rings. The Morgan fingerprint density at radius 2 is 1.82 bits per heavy atom. The number of nitrogens with one attached hydrogen (secondary N) is 1. The molecule has 0 aliphatic carbocycles. The van der Waals surface area contributed by atoms with Gasteiger partial charge in [-0.25, -0.2) is 0 Å². The van der Waals surface area contributed by atoms with Gasteiger partial charge in [0.2, 0.25) is 0 Å². The van der Waals surface area contributed by atoms with Crippen molar-refractivity contribution in [3.8, 4) is 5.69 Å². The summed E-state index contributed by atoms with van der Waals surface area (Å²) in [6.07, 6.45) is 5.53. The van der Waals surface area contributed by atoms with Crippen molar-refractivity contribution in [1.29, 1.82) is 0 Å². The first-order chi connectivity index (χ1) is 10.6. The maximum Gasteiger partial charge on any atom is 0.255 e. The molecule has 4 nitrogen and oxygen atoms in total. The third-order valence-corrected chi connectivity index (χ3v) is 3.75. The highest BCUT2D eigenvalue weighted by molar-refractivity contribution is 5.95. The van der Waals surface area contributed by atoms with Gasteiger partial charge < -0.3 is 14.3 Å². The second-order valence-corrected chi connectivity index (χ2v) is 5.27. The molecule has 0 saturated heterocycles. The molecule has 112 valence electrons. The summed E-state index contributed by atoms with van der Waals surface area (Å²) >= 11 is 0. The molecule has 0 spiro atoms. The van der Waals surface area contributed by atoms with Crippen LogP contribution in [0.5, 0.6) is 0 Å². The van der Waals surface area contributed by atoms with Gasteiger partial charge in [-0.05, 0) is 49.7 Å². The van der Waals surface area contributed by atoms with Gasteiger partial charge in [0.05, 0.1) is 17.9 Å². The summed E-state index contributed by atoms with van der Waals surface area (Å²) < 4.78 is 7.21. The summed E-state index contributed by atoms with van der Waals surface area (Å²) in [5, 5.41) is 2.99. The summed E-state index contributed by atoms with van der Waals surface area (Å²) in [7, 11) is 0. The van der Waals surface area contributed by atoms with E-state index in [1.165, 1.54) is 6.26 Å². The van der Waals surface area contributed by atoms with Crippen molar-refractivity contribution in [3.05, 3.63) is 78.0 Å². The first-order valence-corrected chi connectivity index (χ1v) is 7.23. The molecule has 1 atom stereocenters. The molecule has 0 bridgehead atoms. The Morgan fingerprint density at radius 3 is 2.41 bits per heavy atom. The summed E-state index contributed by atoms with van der Waals surface area (Å²) in [6.45, 7) is 3.75. The van der Waals surface area contributed by atoms with Crippen molar-refractivity contribution in [2.75, 3.05) is 0 Å². The Labute approximate surface area is 129 Å². The number of benzene rings is 1. The number of amides is 1. The Hall–Kier alpha value is -2.75. The Bertz CT molecular complexity index is 755. The number of hydrogen-bond donors (Lipinski definition) is 1. The molecule has 1 unspecified atom stereocenters. The number of aryl methyl sites for hydroxylation is 1. The van der Waals surface area contributed by atoms with Crippen LogP contribution < -0.4 is 5.32 Å². The molecule has 4 heteroatoms. The predicted octanol–water partition coefficient (Wildman–Crippen LogP) is 3.87. The monoisotopic (exact) mass is 294 g/mol. The van der Waals surface area contributed by atoms with Gasteiger partial charge in [0.15, 0.2) is 0 Å². The molecular weight excluding hydrogens is 276 g/mol. The van der Waals surface area contributed by atoms with Crippen LogP contribution in [-0.4, -0.2) is 10.5 Å². The standard InChI is InChI=1S/C18H18N2O2/c1-13(19-18(21)17-9-12-22-14(17)2)15-5-7-16(8-6-15)20-10-3-4-11-20/h3-13H,1-2H3,(H,19,21). The SMILES string of the molecule is Cc1occc1C(=O)NC(C)c1ccc(-n2cccc2)cc1. The van der Waals surface area contributed by atoms with Crippen molar-refractivity contribution in [3.63, 3.8) is 0 Å². The molecule has 3 aromatic rings. The molecule has 2 aromatic heterocycles. The van der Waals surface area contributed by atoms with Crippen LogP contribution in [0.3, 0.4) is 0 Å². The average molecular weight is 294 g/mol. The molecule has 22 heavy (non-hydrogen) atoms. The number of carbonyl (C=O) groups is 1. The zero-order valence-electron chi connectivity index (χ0n) is 12.6. The molecule has 1 aromatic carbocycles. The molecule has 1 amide bonds. The van der Waals surface area contributed by atoms with Crippen molar-refractivity contribution in [1.82, 2.24) is 9.88 Å². The molecule has 0 saturated carbocycles. The van der Waals surface area contributed by atoms with E-state index in [2.05, 4.69) is 5.32 Å². The van der Waals surface area contributed by atoms with Gasteiger partial charge in [0.25, 0.3) is 5.91 Å². The van der Waals surface area contributed by atoms with E-state index >= 15 is 0 Å². The third kappa shape index (κ3) is 2.81. The van der Waals surface area contributed by atoms with E-state index < -0.39 is 0 Å². The van der Waals surface area contributed by atoms with Crippen LogP contribution in [0.1, 0.15) is 34.6 Å². The summed E-state index contributed by atoms with van der Waals surface area (Å²) in [4.78, 5) is 12.2. The van der Waals surface area contributed by atoms with Crippen LogP contribution in [0, 0.1) is 6.92 Å². The maximum atomic E-state index is 12.2. The minimum atomic E-state index is -0.117. The van der Waals surface area contributed by atoms with Crippen LogP contribution in [0.15, 0.2) is 65.5 Å². The minimum Gasteiger partial charge on any atom is -0.469 e. The van der Waals surface area contributed by atoms with E-state index in [1.54, 1.807) is 13.0 Å². The second kappa shape index (κ2) is 5.93. The van der Waals surface area contributed by atoms with Crippen LogP contribution in [0.4, 0.5) is 0 Å². The summed E-state index contributed by atoms with van der Waals surface area (Å²) in [6, 6.07) is 13.7. The first kappa shape index (κ1) is 14.2. The van der Waals surface area contributed by atoms with Gasteiger partial charge in [-0.1, -0.05) is 12.1 Å². The second-order valence-electron chi connectivity index (χ2n) is 5.27. The summed E-state index contributed by atoms with van der Waals surface area (Å²) in [5.74, 6) is 0.515. The third-order valence-electron chi connectivity index (χ3n) is 3.75. The van der Waals surface area contributed by atoms with E-state index in [-0.39, 0.29) is 11.9 Å². The van der Waals surface area contributed by atoms with Gasteiger partial charge in [0.1, 0.15) is 5.76 Å². The fourth-order valence-electron chi connectivity index (χ4n) is 2.42. The smallest absolute Gasteiger partial charge is 0.255 e. The van der Waals surface area contributed by atoms with E-state index in [4.69, 9.17) is 4.42 Å². The Kier molecular flexibility index (Phi) is 3.83. The number of furan rings is 1. The number of carbonyl (C=O) groups excluding carboxylic acids is 1. The van der Waals surface area contributed by atoms with Crippen molar-refractivity contribution < 1.29 is 9.21 Å². The highest BCUT2D eigenvalue weighted by Crippen LogP contribution is 2.17. The number of aromatic nitrogens is 1. The fraction of sp³-hybridized carbons (Fsp3) is 0.167. The van der Waals surface area contributed by atoms with E-state index in [0.717, 1.165) is 11.3 Å². The van der Waals surface area contributed by atoms with Crippen molar-refractivity contribution in [2.24, 2.45) is 0 Å². The number of hydrogen-bond acceptors (Lipinski definition) is 2. The minimum absolute atomic E-state index is 0.0690. The van der Waals surface area contributed by atoms with Gasteiger partial charge in [0, 0.05) is 18.1 Å². The number of nitrogens with zero attached hydrogens (tertiary/aromatic N) is 1. The molecule has 0 aliphatic heterocycles. The highest BCUT2D eigenvalue weighted by atomic mass is 16.3. The fourth-order valence-corrected chi connectivity index (χ4v) is 2.42. The zero-order chi connectivity index (χ0) is 15.5. The topological polar surface area (TPSA) is 47.2 Å². The zero-order valence-corrected chi connectivity index (χ0v) is 12.6. The molecule has 2 heterocycles. The van der Waals surface area contributed by atoms with Crippen LogP contribution >= 0.6 is 0 Å². The maximum absolute atomic E-state index is 12.2. The lowest BCUT2D eigenvalue weighted by Crippen LogP contribution is -2.26. The van der Waals surface area contributed by atoms with Crippen LogP contribution in [0.25, 0.3) is 5.69 Å². The van der Waals surface area contributed by atoms with E-state index in [1.807, 2.05) is 60.3 Å². The van der Waals surface area contributed by atoms with Gasteiger partial charge >= 0.3 is 0 Å². The van der Waals surface area contributed by atoms with Crippen LogP contribution in [0.2, 0.25) is 0 Å². The van der Waals surface area contributed by atoms with Gasteiger partial charge in [-0.15, -0.1) is 0 Å². The normalized spacial score (nSPS) is 12.1. The average Bonchev–Trinajstić information content (AvgIpc) is 3.18. The van der Waals surface area contributed by atoms with Crippen molar-refractivity contribution >= 4 is 5.91 Å². The van der Waals surface area contributed by atoms with Crippen molar-refractivity contribution in [2.45, 2.75) is 19.9 Å². The first-order valence-electron chi connectivity index (χ1n) is 7.23. The highest BCUT2D eigenvalue weighted by Gasteiger charge is 2.15. The van der Waals surface area contributed by atoms with E-state index in [0.29, 0.717) is 11.3 Å². The largest absolute Gasteiger partial charge is 0.469 e. The molecular formula is C18H18N2O2. The summed E-state index contributed by atoms with van der Waals surface area (Å²) in [5.41, 5.74) is 2.74. The lowest BCUT2D eigenvalue weighted by molar-refractivity contribution is 0.0938. The van der Waals surface area contributed by atoms with Gasteiger partial charge in [-0.2, -0.15) is 0 Å². The van der Waals surface area contributed by atoms with Gasteiger partial charge in [-0.3, -0.25) is 4.79 Å². The molecule has 0 radical (unpaired) electrons. The lowest BCUT2D eigenvalue weighted by atomic mass is 10.1. The molecule has 0 fully saturated rings. The van der Waals surface area contributed by atoms with E-state index in [9.17, 15) is 4.79 Å². The quantitative estimate of drug-likeness (QED) is 0.794. The molecule has 3 rings (SSSR count). The lowest BCUT2D eigenvalue weighted by Gasteiger charge is -2.15. The van der Waals surface area contributed by atoms with Crippen LogP contribution in [-0.2, 0) is 0 Å².